The van der Waals surface area contributed by atoms with Crippen molar-refractivity contribution in [3.8, 4) is 5.75 Å². The molecule has 0 unspecified atom stereocenters. The van der Waals surface area contributed by atoms with Crippen LogP contribution in [0.4, 0.5) is 0 Å². The van der Waals surface area contributed by atoms with Gasteiger partial charge in [-0.25, -0.2) is 0 Å². The number of hydrogen-bond acceptors (Lipinski definition) is 6. The van der Waals surface area contributed by atoms with Crippen LogP contribution in [0.5, 0.6) is 5.75 Å². The molecule has 3 N–H and O–H groups in total. The molecule has 2 amide bonds. The number of carbonyl (C=O) groups is 3. The molecule has 1 heterocycles. The summed E-state index contributed by atoms with van der Waals surface area (Å²) in [4.78, 5) is 40.3. The molecule has 1 fully saturated rings. The molecule has 0 spiro atoms. The third-order valence-electron chi connectivity index (χ3n) is 6.96. The Morgan fingerprint density at radius 2 is 1.88 bits per heavy atom. The van der Waals surface area contributed by atoms with Crippen LogP contribution in [0.3, 0.4) is 0 Å². The fourth-order valence-electron chi connectivity index (χ4n) is 5.36. The highest BCUT2D eigenvalue weighted by atomic mass is 16.5. The van der Waals surface area contributed by atoms with Gasteiger partial charge < -0.3 is 25.2 Å². The smallest absolute Gasteiger partial charge is 0.290 e. The summed E-state index contributed by atoms with van der Waals surface area (Å²) in [6.45, 7) is 1.53. The van der Waals surface area contributed by atoms with Crippen LogP contribution in [0.2, 0.25) is 0 Å². The van der Waals surface area contributed by atoms with Gasteiger partial charge in [-0.15, -0.1) is 0 Å². The van der Waals surface area contributed by atoms with Crippen LogP contribution in [0.1, 0.15) is 56.9 Å². The van der Waals surface area contributed by atoms with Crippen molar-refractivity contribution >= 4 is 17.6 Å². The van der Waals surface area contributed by atoms with Crippen molar-refractivity contribution in [3.63, 3.8) is 0 Å². The van der Waals surface area contributed by atoms with Gasteiger partial charge in [-0.3, -0.25) is 14.4 Å². The second-order valence-electron chi connectivity index (χ2n) is 8.96. The van der Waals surface area contributed by atoms with Crippen LogP contribution in [0, 0.1) is 0 Å². The van der Waals surface area contributed by atoms with E-state index in [0.29, 0.717) is 11.3 Å². The van der Waals surface area contributed by atoms with Gasteiger partial charge in [-0.05, 0) is 25.0 Å². The fraction of sp³-hybridized carbons (Fsp3) is 0.560. The van der Waals surface area contributed by atoms with Gasteiger partial charge in [0, 0.05) is 30.1 Å². The monoisotopic (exact) mass is 456 g/mol. The van der Waals surface area contributed by atoms with Crippen LogP contribution in [0.25, 0.3) is 0 Å². The van der Waals surface area contributed by atoms with E-state index in [9.17, 15) is 24.6 Å². The van der Waals surface area contributed by atoms with Crippen LogP contribution < -0.4 is 10.1 Å². The highest BCUT2D eigenvalue weighted by molar-refractivity contribution is 6.36. The van der Waals surface area contributed by atoms with E-state index in [-0.39, 0.29) is 31.5 Å². The first-order valence-electron chi connectivity index (χ1n) is 11.9. The third-order valence-corrected chi connectivity index (χ3v) is 6.96. The highest BCUT2D eigenvalue weighted by Crippen LogP contribution is 2.47. The topological polar surface area (TPSA) is 116 Å². The Bertz CT molecular complexity index is 939. The molecule has 1 aromatic rings. The fourth-order valence-corrected chi connectivity index (χ4v) is 5.36. The largest absolute Gasteiger partial charge is 0.486 e. The molecular weight excluding hydrogens is 424 g/mol. The van der Waals surface area contributed by atoms with Gasteiger partial charge in [0.25, 0.3) is 5.91 Å². The number of rotatable bonds is 7. The maximum Gasteiger partial charge on any atom is 0.290 e. The van der Waals surface area contributed by atoms with E-state index < -0.39 is 35.9 Å². The molecule has 0 bridgehead atoms. The number of nitrogens with zero attached hydrogens (tertiary/aromatic N) is 1. The summed E-state index contributed by atoms with van der Waals surface area (Å²) in [7, 11) is 0. The molecule has 1 saturated carbocycles. The molecule has 3 aliphatic rings. The van der Waals surface area contributed by atoms with E-state index in [2.05, 4.69) is 5.32 Å². The second kappa shape index (κ2) is 10.1. The molecule has 8 heteroatoms. The number of carbonyl (C=O) groups excluding carboxylic acids is 3. The number of nitrogens with one attached hydrogen (secondary N) is 1. The summed E-state index contributed by atoms with van der Waals surface area (Å²) in [6.07, 6.45) is 4.31. The van der Waals surface area contributed by atoms with Crippen molar-refractivity contribution in [2.24, 2.45) is 0 Å². The van der Waals surface area contributed by atoms with Gasteiger partial charge in [-0.1, -0.05) is 44.4 Å². The van der Waals surface area contributed by atoms with Crippen molar-refractivity contribution in [1.82, 2.24) is 10.2 Å². The maximum atomic E-state index is 13.2. The van der Waals surface area contributed by atoms with E-state index in [1.807, 2.05) is 18.2 Å². The lowest BCUT2D eigenvalue weighted by Gasteiger charge is -2.44. The summed E-state index contributed by atoms with van der Waals surface area (Å²) >= 11 is 0. The van der Waals surface area contributed by atoms with Crippen molar-refractivity contribution < 1.29 is 29.3 Å². The zero-order valence-electron chi connectivity index (χ0n) is 18.9. The lowest BCUT2D eigenvalue weighted by Crippen LogP contribution is -2.59. The number of amides is 2. The number of ether oxygens (including phenoxy) is 1. The molecule has 1 aromatic carbocycles. The molecule has 0 aromatic heterocycles. The second-order valence-corrected chi connectivity index (χ2v) is 8.96. The van der Waals surface area contributed by atoms with E-state index in [1.165, 1.54) is 4.90 Å². The number of hydrogen-bond donors (Lipinski definition) is 3. The SMILES string of the molecule is CCC(=O)C(=O)N(C1CCCCC1)[C@@H]1C=C(C(=O)NCCO)[C@@H]2c3ccccc3O[C@@H]2[C@H]1O. The maximum absolute atomic E-state index is 13.2. The quantitative estimate of drug-likeness (QED) is 0.535. The van der Waals surface area contributed by atoms with Crippen LogP contribution in [0.15, 0.2) is 35.9 Å². The zero-order valence-corrected chi connectivity index (χ0v) is 18.9. The molecule has 8 nitrogen and oxygen atoms in total. The minimum absolute atomic E-state index is 0.0758. The molecule has 1 aliphatic heterocycles. The minimum atomic E-state index is -1.10. The molecule has 178 valence electrons. The molecule has 33 heavy (non-hydrogen) atoms. The van der Waals surface area contributed by atoms with E-state index in [4.69, 9.17) is 4.74 Å². The number of Topliss-reactive ketones (excluding diaryl/α,β-unsaturated/α-hetero) is 1. The molecule has 2 aliphatic carbocycles. The van der Waals surface area contributed by atoms with Gasteiger partial charge in [0.1, 0.15) is 18.0 Å². The van der Waals surface area contributed by atoms with Crippen molar-refractivity contribution in [3.05, 3.63) is 41.5 Å². The summed E-state index contributed by atoms with van der Waals surface area (Å²) in [5.41, 5.74) is 1.18. The lowest BCUT2D eigenvalue weighted by atomic mass is 9.76. The van der Waals surface area contributed by atoms with Gasteiger partial charge in [0.2, 0.25) is 11.7 Å². The number of para-hydroxylation sites is 1. The lowest BCUT2D eigenvalue weighted by molar-refractivity contribution is -0.151. The summed E-state index contributed by atoms with van der Waals surface area (Å²) < 4.78 is 6.10. The van der Waals surface area contributed by atoms with Gasteiger partial charge >= 0.3 is 0 Å². The van der Waals surface area contributed by atoms with Gasteiger partial charge in [0.05, 0.1) is 18.6 Å². The number of fused-ring (bicyclic) bond motifs is 3. The Morgan fingerprint density at radius 1 is 1.15 bits per heavy atom. The number of ketones is 1. The number of benzene rings is 1. The average Bonchev–Trinajstić information content (AvgIpc) is 3.24. The van der Waals surface area contributed by atoms with Crippen molar-refractivity contribution in [2.75, 3.05) is 13.2 Å². The predicted molar refractivity (Wildman–Crippen MR) is 121 cm³/mol. The van der Waals surface area contributed by atoms with Gasteiger partial charge in [-0.2, -0.15) is 0 Å². The summed E-state index contributed by atoms with van der Waals surface area (Å²) in [6, 6.07) is 6.30. The van der Waals surface area contributed by atoms with E-state index in [1.54, 1.807) is 19.1 Å². The first-order chi connectivity index (χ1) is 16.0. The molecule has 4 rings (SSSR count). The Hall–Kier alpha value is -2.71. The Kier molecular flexibility index (Phi) is 7.14. The molecule has 0 saturated heterocycles. The van der Waals surface area contributed by atoms with Crippen LogP contribution >= 0.6 is 0 Å². The van der Waals surface area contributed by atoms with Crippen LogP contribution in [-0.4, -0.2) is 70.2 Å². The first-order valence-corrected chi connectivity index (χ1v) is 11.9. The Balaban J connectivity index is 1.77. The number of aliphatic hydroxyl groups is 2. The van der Waals surface area contributed by atoms with Gasteiger partial charge in [0.15, 0.2) is 0 Å². The minimum Gasteiger partial charge on any atom is -0.486 e. The molecule has 4 atom stereocenters. The zero-order chi connectivity index (χ0) is 23.5. The Morgan fingerprint density at radius 3 is 2.58 bits per heavy atom. The molecular formula is C25H32N2O6. The first kappa shape index (κ1) is 23.4. The average molecular weight is 457 g/mol. The van der Waals surface area contributed by atoms with Crippen molar-refractivity contribution in [2.45, 2.75) is 75.7 Å². The normalized spacial score (nSPS) is 26.5. The highest BCUT2D eigenvalue weighted by Gasteiger charge is 2.51. The summed E-state index contributed by atoms with van der Waals surface area (Å²) in [5, 5.41) is 23.3. The third kappa shape index (κ3) is 4.42. The predicted octanol–water partition coefficient (Wildman–Crippen LogP) is 1.45. The number of aliphatic hydroxyl groups excluding tert-OH is 2. The molecule has 0 radical (unpaired) electrons. The summed E-state index contributed by atoms with van der Waals surface area (Å²) in [5.74, 6) is -1.42. The standard InChI is InChI=1S/C25H32N2O6/c1-2-19(29)25(32)27(15-8-4-3-5-9-15)18-14-17(24(31)26-12-13-28)21-16-10-6-7-11-20(16)33-23(21)22(18)30/h6-7,10-11,14-15,18,21-23,28,30H,2-5,8-9,12-13H2,1H3,(H,26,31)/t18-,21+,22+,23+/m1/s1. The van der Waals surface area contributed by atoms with E-state index >= 15 is 0 Å². The van der Waals surface area contributed by atoms with E-state index in [0.717, 1.165) is 37.7 Å². The van der Waals surface area contributed by atoms with Crippen LogP contribution in [-0.2, 0) is 14.4 Å². The Labute approximate surface area is 193 Å². The van der Waals surface area contributed by atoms with Crippen molar-refractivity contribution in [1.29, 1.82) is 0 Å².